The molecule has 176 valence electrons. The maximum atomic E-state index is 11.6. The van der Waals surface area contributed by atoms with E-state index in [4.69, 9.17) is 22.1 Å². The smallest absolute Gasteiger partial charge is 0.225 e. The lowest BCUT2D eigenvalue weighted by molar-refractivity contribution is 0.0748. The fraction of sp³-hybridized carbons (Fsp3) is 0.810. The van der Waals surface area contributed by atoms with E-state index in [1.807, 2.05) is 0 Å². The van der Waals surface area contributed by atoms with Crippen molar-refractivity contribution in [2.75, 3.05) is 50.5 Å². The number of aromatic nitrogens is 2. The highest BCUT2D eigenvalue weighted by atomic mass is 35.5. The fourth-order valence-electron chi connectivity index (χ4n) is 4.45. The lowest BCUT2D eigenvalue weighted by Crippen LogP contribution is -2.38. The Hall–Kier alpha value is -1.00. The predicted octanol–water partition coefficient (Wildman–Crippen LogP) is 2.53. The maximum Gasteiger partial charge on any atom is 0.225 e. The van der Waals surface area contributed by atoms with Crippen LogP contribution in [0.15, 0.2) is 12.4 Å². The molecule has 1 aromatic rings. The van der Waals surface area contributed by atoms with Crippen molar-refractivity contribution in [3.8, 4) is 0 Å². The first-order valence-corrected chi connectivity index (χ1v) is 13.5. The van der Waals surface area contributed by atoms with Crippen LogP contribution in [0.4, 0.5) is 5.95 Å². The van der Waals surface area contributed by atoms with Crippen LogP contribution in [0.1, 0.15) is 45.4 Å². The summed E-state index contributed by atoms with van der Waals surface area (Å²) in [6, 6.07) is 0. The molecule has 0 radical (unpaired) electrons. The zero-order valence-corrected chi connectivity index (χ0v) is 20.2. The Morgan fingerprint density at radius 1 is 1.32 bits per heavy atom. The van der Waals surface area contributed by atoms with Gasteiger partial charge in [0, 0.05) is 44.9 Å². The molecule has 1 saturated carbocycles. The number of hydrogen-bond acceptors (Lipinski definition) is 7. The minimum absolute atomic E-state index is 0.0650. The zero-order chi connectivity index (χ0) is 22.5. The van der Waals surface area contributed by atoms with Crippen LogP contribution < -0.4 is 10.6 Å². The molecule has 0 aromatic carbocycles. The SMILES string of the molecule is CCN(CCC[C@@]1(N)C[C@H]1CCOCC1CCN(S(C)(=O)=O)CC1)c1ncc(Cl)cn1. The molecule has 10 heteroatoms. The lowest BCUT2D eigenvalue weighted by atomic mass is 9.99. The molecule has 2 aliphatic rings. The van der Waals surface area contributed by atoms with Crippen LogP contribution in [0.3, 0.4) is 0 Å². The van der Waals surface area contributed by atoms with E-state index < -0.39 is 10.0 Å². The highest BCUT2D eigenvalue weighted by Crippen LogP contribution is 2.46. The highest BCUT2D eigenvalue weighted by Gasteiger charge is 2.49. The van der Waals surface area contributed by atoms with Gasteiger partial charge in [-0.25, -0.2) is 22.7 Å². The van der Waals surface area contributed by atoms with Gasteiger partial charge in [0.25, 0.3) is 0 Å². The first-order valence-electron chi connectivity index (χ1n) is 11.3. The van der Waals surface area contributed by atoms with E-state index in [9.17, 15) is 8.42 Å². The van der Waals surface area contributed by atoms with Gasteiger partial charge in [0.05, 0.1) is 23.7 Å². The summed E-state index contributed by atoms with van der Waals surface area (Å²) in [4.78, 5) is 10.8. The summed E-state index contributed by atoms with van der Waals surface area (Å²) in [5.74, 6) is 1.69. The van der Waals surface area contributed by atoms with Crippen molar-refractivity contribution in [2.45, 2.75) is 51.0 Å². The largest absolute Gasteiger partial charge is 0.381 e. The Kier molecular flexibility index (Phi) is 8.54. The second kappa shape index (κ2) is 10.7. The first kappa shape index (κ1) is 24.6. The van der Waals surface area contributed by atoms with E-state index in [2.05, 4.69) is 21.8 Å². The van der Waals surface area contributed by atoms with Crippen LogP contribution in [0.5, 0.6) is 0 Å². The van der Waals surface area contributed by atoms with Gasteiger partial charge in [-0.2, -0.15) is 0 Å². The highest BCUT2D eigenvalue weighted by molar-refractivity contribution is 7.88. The van der Waals surface area contributed by atoms with Crippen LogP contribution in [0.2, 0.25) is 5.02 Å². The number of rotatable bonds is 12. The van der Waals surface area contributed by atoms with Crippen molar-refractivity contribution in [2.24, 2.45) is 17.6 Å². The Balaban J connectivity index is 1.28. The maximum absolute atomic E-state index is 11.6. The normalized spacial score (nSPS) is 25.0. The molecule has 0 unspecified atom stereocenters. The summed E-state index contributed by atoms with van der Waals surface area (Å²) >= 11 is 5.87. The molecule has 8 nitrogen and oxygen atoms in total. The van der Waals surface area contributed by atoms with E-state index in [1.165, 1.54) is 6.26 Å². The third kappa shape index (κ3) is 7.25. The summed E-state index contributed by atoms with van der Waals surface area (Å²) in [5.41, 5.74) is 6.51. The van der Waals surface area contributed by atoms with Gasteiger partial charge >= 0.3 is 0 Å². The zero-order valence-electron chi connectivity index (χ0n) is 18.7. The fourth-order valence-corrected chi connectivity index (χ4v) is 5.42. The van der Waals surface area contributed by atoms with Crippen molar-refractivity contribution in [3.63, 3.8) is 0 Å². The molecule has 2 N–H and O–H groups in total. The number of hydrogen-bond donors (Lipinski definition) is 1. The minimum atomic E-state index is -3.06. The molecule has 2 atom stereocenters. The summed E-state index contributed by atoms with van der Waals surface area (Å²) in [6.45, 7) is 6.49. The summed E-state index contributed by atoms with van der Waals surface area (Å²) in [5, 5.41) is 0.545. The monoisotopic (exact) mass is 473 g/mol. The van der Waals surface area contributed by atoms with Gasteiger partial charge in [-0.05, 0) is 57.3 Å². The molecule has 1 aromatic heterocycles. The van der Waals surface area contributed by atoms with Gasteiger partial charge in [-0.1, -0.05) is 11.6 Å². The molecule has 0 amide bonds. The first-order chi connectivity index (χ1) is 14.7. The van der Waals surface area contributed by atoms with E-state index in [0.29, 0.717) is 42.5 Å². The number of anilines is 1. The number of piperidine rings is 1. The summed E-state index contributed by atoms with van der Waals surface area (Å²) in [6.07, 6.45) is 10.3. The van der Waals surface area contributed by atoms with Crippen molar-refractivity contribution in [3.05, 3.63) is 17.4 Å². The van der Waals surface area contributed by atoms with Crippen LogP contribution in [0.25, 0.3) is 0 Å². The van der Waals surface area contributed by atoms with Crippen LogP contribution in [-0.2, 0) is 14.8 Å². The molecular formula is C21H36ClN5O3S. The molecule has 3 rings (SSSR count). The predicted molar refractivity (Wildman–Crippen MR) is 124 cm³/mol. The Labute approximate surface area is 191 Å². The van der Waals surface area contributed by atoms with E-state index in [0.717, 1.165) is 58.2 Å². The number of nitrogens with two attached hydrogens (primary N) is 1. The third-order valence-corrected chi connectivity index (χ3v) is 8.13. The Bertz CT molecular complexity index is 802. The van der Waals surface area contributed by atoms with Gasteiger partial charge < -0.3 is 15.4 Å². The quantitative estimate of drug-likeness (QED) is 0.465. The third-order valence-electron chi connectivity index (χ3n) is 6.63. The summed E-state index contributed by atoms with van der Waals surface area (Å²) in [7, 11) is -3.06. The average Bonchev–Trinajstić information content (AvgIpc) is 3.39. The molecule has 0 spiro atoms. The van der Waals surface area contributed by atoms with Gasteiger partial charge in [0.2, 0.25) is 16.0 Å². The molecule has 0 bridgehead atoms. The second-order valence-electron chi connectivity index (χ2n) is 8.99. The Morgan fingerprint density at radius 2 is 2.00 bits per heavy atom. The second-order valence-corrected chi connectivity index (χ2v) is 11.4. The van der Waals surface area contributed by atoms with Crippen LogP contribution in [0, 0.1) is 11.8 Å². The van der Waals surface area contributed by atoms with Gasteiger partial charge in [0.15, 0.2) is 0 Å². The number of halogens is 1. The topological polar surface area (TPSA) is 102 Å². The van der Waals surface area contributed by atoms with Crippen LogP contribution >= 0.6 is 11.6 Å². The van der Waals surface area contributed by atoms with Gasteiger partial charge in [0.1, 0.15) is 0 Å². The standard InChI is InChI=1S/C21H36ClN5O3S/c1-3-26(20-24-14-19(22)15-25-20)9-4-8-21(23)13-18(21)7-12-30-16-17-5-10-27(11-6-17)31(2,28)29/h14-15,17-18H,3-13,16,23H2,1-2H3/t18-,21-/m1/s1. The van der Waals surface area contributed by atoms with E-state index in [1.54, 1.807) is 16.7 Å². The molecule has 1 aliphatic heterocycles. The van der Waals surface area contributed by atoms with Gasteiger partial charge in [-0.15, -0.1) is 0 Å². The van der Waals surface area contributed by atoms with E-state index in [-0.39, 0.29) is 5.54 Å². The molecular weight excluding hydrogens is 438 g/mol. The van der Waals surface area contributed by atoms with Crippen LogP contribution in [-0.4, -0.2) is 73.9 Å². The molecule has 2 fully saturated rings. The summed E-state index contributed by atoms with van der Waals surface area (Å²) < 4.78 is 30.6. The number of sulfonamides is 1. The van der Waals surface area contributed by atoms with Crippen molar-refractivity contribution in [1.29, 1.82) is 0 Å². The van der Waals surface area contributed by atoms with Crippen molar-refractivity contribution >= 4 is 27.6 Å². The number of nitrogens with zero attached hydrogens (tertiary/aromatic N) is 4. The molecule has 1 aliphatic carbocycles. The molecule has 31 heavy (non-hydrogen) atoms. The number of ether oxygens (including phenoxy) is 1. The van der Waals surface area contributed by atoms with Crippen molar-refractivity contribution < 1.29 is 13.2 Å². The van der Waals surface area contributed by atoms with Gasteiger partial charge in [-0.3, -0.25) is 0 Å². The lowest BCUT2D eigenvalue weighted by Gasteiger charge is -2.30. The van der Waals surface area contributed by atoms with E-state index >= 15 is 0 Å². The molecule has 2 heterocycles. The Morgan fingerprint density at radius 3 is 2.61 bits per heavy atom. The average molecular weight is 474 g/mol. The van der Waals surface area contributed by atoms with Crippen molar-refractivity contribution in [1.82, 2.24) is 14.3 Å². The minimum Gasteiger partial charge on any atom is -0.381 e. The molecule has 1 saturated heterocycles.